The number of aliphatic hydroxyl groups is 1. The molecule has 2 amide bonds. The van der Waals surface area contributed by atoms with Crippen LogP contribution in [-0.4, -0.2) is 73.1 Å². The monoisotopic (exact) mass is 486 g/mol. The predicted molar refractivity (Wildman–Crippen MR) is 134 cm³/mol. The number of nitrogens with two attached hydrogens (primary N) is 1. The number of amides is 2. The third kappa shape index (κ3) is 7.37. The summed E-state index contributed by atoms with van der Waals surface area (Å²) in [6.07, 6.45) is 2.68. The summed E-state index contributed by atoms with van der Waals surface area (Å²) in [5.74, 6) is -1.01. The summed E-state index contributed by atoms with van der Waals surface area (Å²) in [5.41, 5.74) is 7.77. The standard InChI is InChI=1S/C23H30N6O4S/c1-23(2,15-30)26-7-6-18(24)21(32)25-13-20(31)28-22-27-19(14-34-22)16-4-3-5-17(12-16)29-8-10-33-11-9-29/h3-7,12,14,30H,8-11,13,15,24H2,1-2H3,(H,25,32)(H,27,28,31)/b18-6-,26-7?. The third-order valence-electron chi connectivity index (χ3n) is 5.01. The maximum absolute atomic E-state index is 12.2. The molecule has 0 atom stereocenters. The Kier molecular flexibility index (Phi) is 8.74. The first-order valence-corrected chi connectivity index (χ1v) is 11.7. The molecule has 0 saturated carbocycles. The van der Waals surface area contributed by atoms with Gasteiger partial charge in [0, 0.05) is 35.9 Å². The maximum atomic E-state index is 12.2. The van der Waals surface area contributed by atoms with E-state index in [1.54, 1.807) is 13.8 Å². The van der Waals surface area contributed by atoms with Crippen LogP contribution >= 0.6 is 11.3 Å². The van der Waals surface area contributed by atoms with Gasteiger partial charge in [0.25, 0.3) is 5.91 Å². The number of morpholine rings is 1. The first-order chi connectivity index (χ1) is 16.3. The zero-order valence-corrected chi connectivity index (χ0v) is 20.1. The Balaban J connectivity index is 1.52. The molecule has 1 aromatic carbocycles. The largest absolute Gasteiger partial charge is 0.394 e. The van der Waals surface area contributed by atoms with E-state index in [1.807, 2.05) is 17.5 Å². The van der Waals surface area contributed by atoms with Gasteiger partial charge in [0.1, 0.15) is 0 Å². The Bertz CT molecular complexity index is 1060. The van der Waals surface area contributed by atoms with Crippen LogP contribution in [0.4, 0.5) is 10.8 Å². The molecule has 0 spiro atoms. The van der Waals surface area contributed by atoms with Gasteiger partial charge in [0.2, 0.25) is 5.91 Å². The second-order valence-electron chi connectivity index (χ2n) is 8.29. The molecule has 0 radical (unpaired) electrons. The van der Waals surface area contributed by atoms with Crippen LogP contribution in [-0.2, 0) is 14.3 Å². The van der Waals surface area contributed by atoms with E-state index in [2.05, 4.69) is 37.6 Å². The highest BCUT2D eigenvalue weighted by atomic mass is 32.1. The second kappa shape index (κ2) is 11.7. The Morgan fingerprint density at radius 1 is 1.35 bits per heavy atom. The van der Waals surface area contributed by atoms with Gasteiger partial charge in [-0.25, -0.2) is 4.98 Å². The van der Waals surface area contributed by atoms with Gasteiger partial charge in [-0.3, -0.25) is 14.6 Å². The lowest BCUT2D eigenvalue weighted by Gasteiger charge is -2.29. The van der Waals surface area contributed by atoms with Gasteiger partial charge in [-0.1, -0.05) is 12.1 Å². The highest BCUT2D eigenvalue weighted by Gasteiger charge is 2.15. The molecule has 34 heavy (non-hydrogen) atoms. The fourth-order valence-electron chi connectivity index (χ4n) is 3.01. The molecular weight excluding hydrogens is 456 g/mol. The number of allylic oxidation sites excluding steroid dienone is 1. The molecule has 182 valence electrons. The first-order valence-electron chi connectivity index (χ1n) is 10.9. The molecule has 1 fully saturated rings. The lowest BCUT2D eigenvalue weighted by Crippen LogP contribution is -2.36. The minimum Gasteiger partial charge on any atom is -0.394 e. The van der Waals surface area contributed by atoms with Crippen LogP contribution in [0.25, 0.3) is 11.3 Å². The number of aromatic nitrogens is 1. The Morgan fingerprint density at radius 3 is 2.85 bits per heavy atom. The van der Waals surface area contributed by atoms with Crippen molar-refractivity contribution in [3.8, 4) is 11.3 Å². The van der Waals surface area contributed by atoms with Gasteiger partial charge in [-0.05, 0) is 32.1 Å². The van der Waals surface area contributed by atoms with Crippen LogP contribution in [0.5, 0.6) is 0 Å². The van der Waals surface area contributed by atoms with E-state index in [0.29, 0.717) is 18.3 Å². The van der Waals surface area contributed by atoms with Crippen LogP contribution in [0.15, 0.2) is 46.4 Å². The van der Waals surface area contributed by atoms with Crippen molar-refractivity contribution in [2.24, 2.45) is 10.7 Å². The quantitative estimate of drug-likeness (QED) is 0.310. The number of thiazole rings is 1. The van der Waals surface area contributed by atoms with E-state index >= 15 is 0 Å². The van der Waals surface area contributed by atoms with Crippen LogP contribution in [0.1, 0.15) is 13.8 Å². The average molecular weight is 487 g/mol. The number of benzene rings is 1. The number of ether oxygens (including phenoxy) is 1. The number of aliphatic imine (C=N–C) groups is 1. The van der Waals surface area contributed by atoms with Gasteiger partial charge in [0.05, 0.1) is 43.3 Å². The van der Waals surface area contributed by atoms with E-state index < -0.39 is 17.4 Å². The molecule has 2 heterocycles. The summed E-state index contributed by atoms with van der Waals surface area (Å²) in [6.45, 7) is 6.21. The maximum Gasteiger partial charge on any atom is 0.267 e. The van der Waals surface area contributed by atoms with Gasteiger partial charge in [-0.2, -0.15) is 0 Å². The van der Waals surface area contributed by atoms with E-state index in [9.17, 15) is 9.59 Å². The van der Waals surface area contributed by atoms with Crippen LogP contribution < -0.4 is 21.3 Å². The minimum absolute atomic E-state index is 0.0954. The summed E-state index contributed by atoms with van der Waals surface area (Å²) in [7, 11) is 0. The molecule has 2 aromatic rings. The normalized spacial score (nSPS) is 14.9. The Labute approximate surface area is 202 Å². The van der Waals surface area contributed by atoms with Gasteiger partial charge >= 0.3 is 0 Å². The van der Waals surface area contributed by atoms with E-state index in [4.69, 9.17) is 15.6 Å². The SMILES string of the molecule is CC(C)(CO)N=C/C=C(\N)C(=O)NCC(=O)Nc1nc(-c2cccc(N3CCOCC3)c2)cs1. The first kappa shape index (κ1) is 25.3. The predicted octanol–water partition coefficient (Wildman–Crippen LogP) is 1.39. The molecule has 11 heteroatoms. The fraction of sp³-hybridized carbons (Fsp3) is 0.391. The number of hydrogen-bond acceptors (Lipinski definition) is 9. The fourth-order valence-corrected chi connectivity index (χ4v) is 3.75. The van der Waals surface area contributed by atoms with Crippen LogP contribution in [0, 0.1) is 0 Å². The highest BCUT2D eigenvalue weighted by Crippen LogP contribution is 2.28. The van der Waals surface area contributed by atoms with Crippen molar-refractivity contribution < 1.29 is 19.4 Å². The van der Waals surface area contributed by atoms with Crippen LogP contribution in [0.2, 0.25) is 0 Å². The number of anilines is 2. The smallest absolute Gasteiger partial charge is 0.267 e. The lowest BCUT2D eigenvalue weighted by molar-refractivity contribution is -0.121. The van der Waals surface area contributed by atoms with Crippen molar-refractivity contribution in [1.29, 1.82) is 0 Å². The Hall–Kier alpha value is -3.28. The van der Waals surface area contributed by atoms with E-state index in [1.165, 1.54) is 23.6 Å². The zero-order chi connectivity index (χ0) is 24.6. The molecule has 5 N–H and O–H groups in total. The number of nitrogens with zero attached hydrogens (tertiary/aromatic N) is 3. The van der Waals surface area contributed by atoms with Crippen molar-refractivity contribution in [3.63, 3.8) is 0 Å². The van der Waals surface area contributed by atoms with Gasteiger partial charge in [-0.15, -0.1) is 11.3 Å². The third-order valence-corrected chi connectivity index (χ3v) is 5.76. The number of carbonyl (C=O) groups excluding carboxylic acids is 2. The summed E-state index contributed by atoms with van der Waals surface area (Å²) >= 11 is 1.31. The molecule has 1 aliphatic heterocycles. The van der Waals surface area contributed by atoms with Crippen molar-refractivity contribution >= 4 is 40.2 Å². The highest BCUT2D eigenvalue weighted by molar-refractivity contribution is 7.14. The van der Waals surface area contributed by atoms with Gasteiger partial charge < -0.3 is 31.1 Å². The summed E-state index contributed by atoms with van der Waals surface area (Å²) in [4.78, 5) is 35.2. The van der Waals surface area contributed by atoms with Crippen molar-refractivity contribution in [1.82, 2.24) is 10.3 Å². The molecule has 0 unspecified atom stereocenters. The Morgan fingerprint density at radius 2 is 2.12 bits per heavy atom. The molecule has 1 saturated heterocycles. The molecule has 3 rings (SSSR count). The summed E-state index contributed by atoms with van der Waals surface area (Å²) < 4.78 is 5.41. The van der Waals surface area contributed by atoms with E-state index in [-0.39, 0.29) is 18.8 Å². The number of rotatable bonds is 9. The number of carbonyl (C=O) groups is 2. The molecule has 0 bridgehead atoms. The molecule has 10 nitrogen and oxygen atoms in total. The second-order valence-corrected chi connectivity index (χ2v) is 9.15. The molecule has 1 aliphatic rings. The zero-order valence-electron chi connectivity index (χ0n) is 19.3. The number of hydrogen-bond donors (Lipinski definition) is 4. The van der Waals surface area contributed by atoms with Gasteiger partial charge in [0.15, 0.2) is 5.13 Å². The molecule has 0 aliphatic carbocycles. The summed E-state index contributed by atoms with van der Waals surface area (Å²) in [5, 5.41) is 16.6. The van der Waals surface area contributed by atoms with Crippen molar-refractivity contribution in [2.75, 3.05) is 49.7 Å². The average Bonchev–Trinajstić information content (AvgIpc) is 3.31. The van der Waals surface area contributed by atoms with Crippen molar-refractivity contribution in [3.05, 3.63) is 41.4 Å². The molecule has 1 aromatic heterocycles. The minimum atomic E-state index is -0.663. The van der Waals surface area contributed by atoms with E-state index in [0.717, 1.165) is 30.0 Å². The molecular formula is C23H30N6O4S. The number of aliphatic hydroxyl groups excluding tert-OH is 1. The van der Waals surface area contributed by atoms with Crippen molar-refractivity contribution in [2.45, 2.75) is 19.4 Å². The van der Waals surface area contributed by atoms with Crippen LogP contribution in [0.3, 0.4) is 0 Å². The lowest BCUT2D eigenvalue weighted by atomic mass is 10.1. The summed E-state index contributed by atoms with van der Waals surface area (Å²) in [6, 6.07) is 8.10. The topological polar surface area (TPSA) is 142 Å². The number of nitrogens with one attached hydrogen (secondary N) is 2.